The maximum absolute atomic E-state index is 11.6. The van der Waals surface area contributed by atoms with E-state index in [1.807, 2.05) is 0 Å². The molecule has 100 valence electrons. The molecule has 0 aromatic carbocycles. The SMILES string of the molecule is CCOC(=O)c1n[nH]c(C2(CC)CCCNC2)n1. The molecule has 1 aromatic rings. The second-order valence-corrected chi connectivity index (χ2v) is 4.64. The highest BCUT2D eigenvalue weighted by Crippen LogP contribution is 2.31. The Morgan fingerprint density at radius 2 is 2.33 bits per heavy atom. The van der Waals surface area contributed by atoms with Gasteiger partial charge in [-0.15, -0.1) is 5.10 Å². The zero-order valence-corrected chi connectivity index (χ0v) is 11.0. The summed E-state index contributed by atoms with van der Waals surface area (Å²) in [5.74, 6) is 0.459. The third kappa shape index (κ3) is 2.38. The lowest BCUT2D eigenvalue weighted by atomic mass is 9.78. The number of carbonyl (C=O) groups excluding carboxylic acids is 1. The first kappa shape index (κ1) is 13.0. The van der Waals surface area contributed by atoms with Crippen LogP contribution >= 0.6 is 0 Å². The highest BCUT2D eigenvalue weighted by Gasteiger charge is 2.36. The van der Waals surface area contributed by atoms with Gasteiger partial charge in [0.05, 0.1) is 6.61 Å². The normalized spacial score (nSPS) is 23.9. The lowest BCUT2D eigenvalue weighted by Gasteiger charge is -2.34. The molecule has 0 spiro atoms. The van der Waals surface area contributed by atoms with Crippen LogP contribution in [0.3, 0.4) is 0 Å². The van der Waals surface area contributed by atoms with Gasteiger partial charge >= 0.3 is 5.97 Å². The standard InChI is InChI=1S/C12H20N4O2/c1-3-12(6-5-7-13-8-12)11-14-9(15-16-11)10(17)18-4-2/h13H,3-8H2,1-2H3,(H,14,15,16). The molecule has 1 aliphatic rings. The Hall–Kier alpha value is -1.43. The molecule has 1 aliphatic heterocycles. The predicted octanol–water partition coefficient (Wildman–Crippen LogP) is 1.01. The Kier molecular flexibility index (Phi) is 3.96. The number of carbonyl (C=O) groups is 1. The van der Waals surface area contributed by atoms with Crippen molar-refractivity contribution in [2.24, 2.45) is 0 Å². The fourth-order valence-corrected chi connectivity index (χ4v) is 2.43. The summed E-state index contributed by atoms with van der Waals surface area (Å²) in [6, 6.07) is 0. The second kappa shape index (κ2) is 5.48. The Morgan fingerprint density at radius 1 is 1.50 bits per heavy atom. The number of nitrogens with zero attached hydrogens (tertiary/aromatic N) is 2. The quantitative estimate of drug-likeness (QED) is 0.782. The number of rotatable bonds is 4. The van der Waals surface area contributed by atoms with E-state index in [2.05, 4.69) is 27.4 Å². The molecule has 6 nitrogen and oxygen atoms in total. The molecule has 0 amide bonds. The third-order valence-corrected chi connectivity index (χ3v) is 3.59. The van der Waals surface area contributed by atoms with Gasteiger partial charge in [-0.2, -0.15) is 0 Å². The first-order valence-electron chi connectivity index (χ1n) is 6.52. The summed E-state index contributed by atoms with van der Waals surface area (Å²) in [6.07, 6.45) is 3.15. The minimum absolute atomic E-state index is 0.0318. The van der Waals surface area contributed by atoms with Crippen LogP contribution in [0, 0.1) is 0 Å². The molecule has 0 radical (unpaired) electrons. The molecule has 1 atom stereocenters. The third-order valence-electron chi connectivity index (χ3n) is 3.59. The van der Waals surface area contributed by atoms with Crippen LogP contribution in [0.2, 0.25) is 0 Å². The Labute approximate surface area is 107 Å². The molecule has 1 aromatic heterocycles. The zero-order valence-electron chi connectivity index (χ0n) is 11.0. The van der Waals surface area contributed by atoms with Crippen molar-refractivity contribution in [1.29, 1.82) is 0 Å². The molecule has 0 saturated carbocycles. The van der Waals surface area contributed by atoms with Gasteiger partial charge in [0.25, 0.3) is 5.82 Å². The molecule has 0 aliphatic carbocycles. The molecular weight excluding hydrogens is 232 g/mol. The molecule has 2 rings (SSSR count). The lowest BCUT2D eigenvalue weighted by molar-refractivity contribution is 0.0512. The van der Waals surface area contributed by atoms with E-state index in [0.717, 1.165) is 38.2 Å². The maximum atomic E-state index is 11.6. The summed E-state index contributed by atoms with van der Waals surface area (Å²) in [6.45, 7) is 6.16. The van der Waals surface area contributed by atoms with E-state index in [1.54, 1.807) is 6.92 Å². The summed E-state index contributed by atoms with van der Waals surface area (Å²) in [4.78, 5) is 15.9. The zero-order chi connectivity index (χ0) is 13.0. The van der Waals surface area contributed by atoms with Crippen molar-refractivity contribution in [2.75, 3.05) is 19.7 Å². The first-order chi connectivity index (χ1) is 8.72. The van der Waals surface area contributed by atoms with Crippen LogP contribution in [-0.2, 0) is 10.2 Å². The van der Waals surface area contributed by atoms with Crippen molar-refractivity contribution >= 4 is 5.97 Å². The van der Waals surface area contributed by atoms with Gasteiger partial charge in [-0.1, -0.05) is 6.92 Å². The van der Waals surface area contributed by atoms with Crippen molar-refractivity contribution in [3.63, 3.8) is 0 Å². The molecule has 6 heteroatoms. The van der Waals surface area contributed by atoms with Crippen molar-refractivity contribution in [1.82, 2.24) is 20.5 Å². The van der Waals surface area contributed by atoms with Crippen LogP contribution in [0.4, 0.5) is 0 Å². The fraction of sp³-hybridized carbons (Fsp3) is 0.750. The topological polar surface area (TPSA) is 79.9 Å². The molecule has 1 saturated heterocycles. The smallest absolute Gasteiger partial charge is 0.378 e. The largest absolute Gasteiger partial charge is 0.460 e. The Morgan fingerprint density at radius 3 is 2.94 bits per heavy atom. The van der Waals surface area contributed by atoms with E-state index in [4.69, 9.17) is 4.74 Å². The van der Waals surface area contributed by atoms with Crippen LogP contribution in [0.15, 0.2) is 0 Å². The minimum atomic E-state index is -0.463. The number of esters is 1. The van der Waals surface area contributed by atoms with Crippen LogP contribution in [0.5, 0.6) is 0 Å². The van der Waals surface area contributed by atoms with Crippen molar-refractivity contribution in [3.8, 4) is 0 Å². The summed E-state index contributed by atoms with van der Waals surface area (Å²) in [5, 5.41) is 10.3. The number of piperidine rings is 1. The van der Waals surface area contributed by atoms with E-state index in [-0.39, 0.29) is 11.2 Å². The number of hydrogen-bond donors (Lipinski definition) is 2. The summed E-state index contributed by atoms with van der Waals surface area (Å²) in [5.41, 5.74) is -0.0318. The van der Waals surface area contributed by atoms with Gasteiger partial charge in [0.15, 0.2) is 0 Å². The molecular formula is C12H20N4O2. The van der Waals surface area contributed by atoms with Gasteiger partial charge in [0, 0.05) is 12.0 Å². The molecule has 18 heavy (non-hydrogen) atoms. The van der Waals surface area contributed by atoms with Gasteiger partial charge < -0.3 is 10.1 Å². The molecule has 2 heterocycles. The number of ether oxygens (including phenoxy) is 1. The monoisotopic (exact) mass is 252 g/mol. The summed E-state index contributed by atoms with van der Waals surface area (Å²) >= 11 is 0. The van der Waals surface area contributed by atoms with E-state index in [0.29, 0.717) is 6.61 Å². The van der Waals surface area contributed by atoms with Gasteiger partial charge in [-0.25, -0.2) is 9.78 Å². The highest BCUT2D eigenvalue weighted by molar-refractivity contribution is 5.84. The number of nitrogens with one attached hydrogen (secondary N) is 2. The van der Waals surface area contributed by atoms with Gasteiger partial charge in [0.1, 0.15) is 5.82 Å². The van der Waals surface area contributed by atoms with E-state index < -0.39 is 5.97 Å². The number of H-pyrrole nitrogens is 1. The Balaban J connectivity index is 2.19. The van der Waals surface area contributed by atoms with E-state index in [1.165, 1.54) is 0 Å². The second-order valence-electron chi connectivity index (χ2n) is 4.64. The Bertz CT molecular complexity index is 410. The summed E-state index contributed by atoms with van der Waals surface area (Å²) < 4.78 is 4.90. The predicted molar refractivity (Wildman–Crippen MR) is 66.4 cm³/mol. The van der Waals surface area contributed by atoms with Crippen LogP contribution in [0.25, 0.3) is 0 Å². The van der Waals surface area contributed by atoms with E-state index >= 15 is 0 Å². The van der Waals surface area contributed by atoms with Crippen LogP contribution < -0.4 is 5.32 Å². The number of aromatic amines is 1. The average molecular weight is 252 g/mol. The molecule has 0 bridgehead atoms. The molecule has 2 N–H and O–H groups in total. The number of aromatic nitrogens is 3. The van der Waals surface area contributed by atoms with Gasteiger partial charge in [0.2, 0.25) is 0 Å². The highest BCUT2D eigenvalue weighted by atomic mass is 16.5. The van der Waals surface area contributed by atoms with E-state index in [9.17, 15) is 4.79 Å². The van der Waals surface area contributed by atoms with Crippen molar-refractivity contribution in [3.05, 3.63) is 11.6 Å². The maximum Gasteiger partial charge on any atom is 0.378 e. The number of hydrogen-bond acceptors (Lipinski definition) is 5. The first-order valence-corrected chi connectivity index (χ1v) is 6.52. The van der Waals surface area contributed by atoms with Gasteiger partial charge in [-0.05, 0) is 32.7 Å². The van der Waals surface area contributed by atoms with Crippen LogP contribution in [-0.4, -0.2) is 40.8 Å². The summed E-state index contributed by atoms with van der Waals surface area (Å²) in [7, 11) is 0. The molecule has 1 unspecified atom stereocenters. The van der Waals surface area contributed by atoms with Crippen LogP contribution in [0.1, 0.15) is 49.6 Å². The van der Waals surface area contributed by atoms with Crippen molar-refractivity contribution in [2.45, 2.75) is 38.5 Å². The fourth-order valence-electron chi connectivity index (χ4n) is 2.43. The average Bonchev–Trinajstić information content (AvgIpc) is 2.90. The minimum Gasteiger partial charge on any atom is -0.460 e. The van der Waals surface area contributed by atoms with Gasteiger partial charge in [-0.3, -0.25) is 5.10 Å². The molecule has 1 fully saturated rings. The lowest BCUT2D eigenvalue weighted by Crippen LogP contribution is -2.43. The van der Waals surface area contributed by atoms with Crippen molar-refractivity contribution < 1.29 is 9.53 Å².